The number of nitrogens with one attached hydrogen (secondary N) is 1. The molecule has 5 aromatic rings. The molecule has 0 spiro atoms. The van der Waals surface area contributed by atoms with Crippen molar-refractivity contribution >= 4 is 5.91 Å². The molecule has 0 aliphatic carbocycles. The van der Waals surface area contributed by atoms with Crippen molar-refractivity contribution in [3.8, 4) is 11.1 Å². The first-order valence-electron chi connectivity index (χ1n) is 18.6. The van der Waals surface area contributed by atoms with Gasteiger partial charge in [-0.1, -0.05) is 110 Å². The summed E-state index contributed by atoms with van der Waals surface area (Å²) in [6, 6.07) is 32.7. The summed E-state index contributed by atoms with van der Waals surface area (Å²) < 4.78 is 83.0. The van der Waals surface area contributed by atoms with E-state index in [9.17, 15) is 31.9 Å². The normalized spacial score (nSPS) is 20.6. The molecule has 2 fully saturated rings. The average Bonchev–Trinajstić information content (AvgIpc) is 3.23. The molecule has 7 nitrogen and oxygen atoms in total. The van der Waals surface area contributed by atoms with Crippen LogP contribution >= 0.6 is 0 Å². The highest BCUT2D eigenvalue weighted by Gasteiger charge is 2.39. The minimum absolute atomic E-state index is 0.0137. The van der Waals surface area contributed by atoms with Crippen molar-refractivity contribution in [2.24, 2.45) is 5.92 Å². The molecule has 2 aliphatic heterocycles. The predicted molar refractivity (Wildman–Crippen MR) is 200 cm³/mol. The molecule has 0 saturated carbocycles. The Kier molecular flexibility index (Phi) is 12.2. The second kappa shape index (κ2) is 17.4. The third-order valence-corrected chi connectivity index (χ3v) is 10.7. The Bertz CT molecular complexity index is 2100. The second-order valence-electron chi connectivity index (χ2n) is 14.3. The van der Waals surface area contributed by atoms with Gasteiger partial charge in [-0.15, -0.1) is 0 Å². The average molecular weight is 772 g/mol. The monoisotopic (exact) mass is 771 g/mol. The third-order valence-electron chi connectivity index (χ3n) is 10.7. The van der Waals surface area contributed by atoms with E-state index in [0.29, 0.717) is 11.1 Å². The SMILES string of the molecule is C[C@H]1[C@@H](CN2CCN(Cc3ccccc3)CC2)O[C@@H](c2ccc(-c3ccccc3CNC(=O)c3c(F)c(F)c(F)c(F)c3F)cc2)O[C@H]1c1ccc(CO)cc1. The van der Waals surface area contributed by atoms with Crippen molar-refractivity contribution in [3.63, 3.8) is 0 Å². The summed E-state index contributed by atoms with van der Waals surface area (Å²) in [5.74, 6) is -12.5. The number of halogens is 5. The molecule has 0 radical (unpaired) electrons. The van der Waals surface area contributed by atoms with E-state index < -0.39 is 46.8 Å². The van der Waals surface area contributed by atoms with Crippen LogP contribution < -0.4 is 5.32 Å². The van der Waals surface area contributed by atoms with Gasteiger partial charge < -0.3 is 19.9 Å². The Balaban J connectivity index is 1.07. The molecule has 2 heterocycles. The van der Waals surface area contributed by atoms with Crippen LogP contribution in [0.15, 0.2) is 103 Å². The number of aliphatic hydroxyl groups is 1. The summed E-state index contributed by atoms with van der Waals surface area (Å²) >= 11 is 0. The predicted octanol–water partition coefficient (Wildman–Crippen LogP) is 8.08. The van der Waals surface area contributed by atoms with Crippen molar-refractivity contribution in [3.05, 3.63) is 166 Å². The van der Waals surface area contributed by atoms with Crippen LogP contribution in [0.4, 0.5) is 22.0 Å². The maximum absolute atomic E-state index is 14.3. The van der Waals surface area contributed by atoms with E-state index in [1.54, 1.807) is 24.3 Å². The van der Waals surface area contributed by atoms with E-state index in [4.69, 9.17) is 9.47 Å². The Morgan fingerprint density at radius 1 is 0.696 bits per heavy atom. The number of hydrogen-bond donors (Lipinski definition) is 2. The summed E-state index contributed by atoms with van der Waals surface area (Å²) in [4.78, 5) is 17.6. The first-order valence-corrected chi connectivity index (χ1v) is 18.6. The highest BCUT2D eigenvalue weighted by Crippen LogP contribution is 2.42. The summed E-state index contributed by atoms with van der Waals surface area (Å²) in [5.41, 5.74) is 4.31. The number of rotatable bonds is 11. The van der Waals surface area contributed by atoms with E-state index in [2.05, 4.69) is 46.3 Å². The maximum atomic E-state index is 14.3. The fourth-order valence-electron chi connectivity index (χ4n) is 7.40. The molecule has 2 aliphatic rings. The van der Waals surface area contributed by atoms with Crippen molar-refractivity contribution in [2.45, 2.75) is 45.1 Å². The van der Waals surface area contributed by atoms with Gasteiger partial charge in [-0.25, -0.2) is 22.0 Å². The van der Waals surface area contributed by atoms with Gasteiger partial charge in [0, 0.05) is 57.3 Å². The van der Waals surface area contributed by atoms with Crippen LogP contribution in [0.2, 0.25) is 0 Å². The van der Waals surface area contributed by atoms with Crippen LogP contribution in [-0.4, -0.2) is 59.6 Å². The first-order chi connectivity index (χ1) is 27.1. The molecule has 5 aromatic carbocycles. The Hall–Kier alpha value is -4.98. The van der Waals surface area contributed by atoms with Gasteiger partial charge >= 0.3 is 0 Å². The second-order valence-corrected chi connectivity index (χ2v) is 14.3. The highest BCUT2D eigenvalue weighted by molar-refractivity contribution is 5.95. The molecular weight excluding hydrogens is 729 g/mol. The lowest BCUT2D eigenvalue weighted by Gasteiger charge is -2.44. The summed E-state index contributed by atoms with van der Waals surface area (Å²) in [7, 11) is 0. The highest BCUT2D eigenvalue weighted by atomic mass is 19.2. The lowest BCUT2D eigenvalue weighted by Crippen LogP contribution is -2.51. The molecule has 292 valence electrons. The van der Waals surface area contributed by atoms with Gasteiger partial charge in [0.1, 0.15) is 5.56 Å². The number of nitrogens with zero attached hydrogens (tertiary/aromatic N) is 2. The van der Waals surface area contributed by atoms with Crippen LogP contribution in [0.25, 0.3) is 11.1 Å². The number of carbonyl (C=O) groups is 1. The molecular formula is C44H42F5N3O4. The lowest BCUT2D eigenvalue weighted by atomic mass is 9.89. The summed E-state index contributed by atoms with van der Waals surface area (Å²) in [6.45, 7) is 7.21. The molecule has 0 unspecified atom stereocenters. The zero-order valence-electron chi connectivity index (χ0n) is 30.7. The molecule has 0 bridgehead atoms. The van der Waals surface area contributed by atoms with Gasteiger partial charge in [0.05, 0.1) is 18.8 Å². The number of hydrogen-bond acceptors (Lipinski definition) is 6. The van der Waals surface area contributed by atoms with E-state index in [-0.39, 0.29) is 31.3 Å². The largest absolute Gasteiger partial charge is 0.392 e. The number of amides is 1. The molecule has 0 aromatic heterocycles. The topological polar surface area (TPSA) is 74.3 Å². The van der Waals surface area contributed by atoms with Crippen molar-refractivity contribution in [1.82, 2.24) is 15.1 Å². The van der Waals surface area contributed by atoms with Crippen molar-refractivity contribution < 1.29 is 41.3 Å². The third kappa shape index (κ3) is 8.54. The van der Waals surface area contributed by atoms with Crippen molar-refractivity contribution in [2.75, 3.05) is 32.7 Å². The zero-order chi connectivity index (χ0) is 39.3. The van der Waals surface area contributed by atoms with Gasteiger partial charge in [-0.2, -0.15) is 0 Å². The molecule has 2 N–H and O–H groups in total. The summed E-state index contributed by atoms with van der Waals surface area (Å²) in [6.07, 6.45) is -1.13. The smallest absolute Gasteiger partial charge is 0.257 e. The Labute approximate surface area is 322 Å². The molecule has 7 rings (SSSR count). The van der Waals surface area contributed by atoms with Gasteiger partial charge in [0.15, 0.2) is 29.6 Å². The number of benzene rings is 5. The number of ether oxygens (including phenoxy) is 2. The molecule has 56 heavy (non-hydrogen) atoms. The van der Waals surface area contributed by atoms with E-state index in [1.807, 2.05) is 54.6 Å². The minimum Gasteiger partial charge on any atom is -0.392 e. The van der Waals surface area contributed by atoms with E-state index in [1.165, 1.54) is 5.56 Å². The van der Waals surface area contributed by atoms with Gasteiger partial charge in [-0.05, 0) is 33.4 Å². The van der Waals surface area contributed by atoms with Crippen LogP contribution in [0.3, 0.4) is 0 Å². The van der Waals surface area contributed by atoms with E-state index in [0.717, 1.165) is 61.5 Å². The van der Waals surface area contributed by atoms with Crippen LogP contribution in [0, 0.1) is 35.0 Å². The number of carbonyl (C=O) groups excluding carboxylic acids is 1. The molecule has 1 amide bonds. The van der Waals surface area contributed by atoms with E-state index >= 15 is 0 Å². The molecule has 2 saturated heterocycles. The van der Waals surface area contributed by atoms with Crippen LogP contribution in [0.5, 0.6) is 0 Å². The standard InChI is InChI=1S/C44H42F5N3O4/c1-27-35(25-52-21-19-51(20-22-52)24-28-7-3-2-4-8-28)55-44(56-42(27)31-13-11-29(26-53)12-14-31)32-17-15-30(16-18-32)34-10-6-5-9-33(34)23-50-43(54)36-37(45)39(47)41(49)40(48)38(36)46/h2-18,27,35,42,44,53H,19-26H2,1H3,(H,50,54)/t27-,35+,42+,44+/m0/s1. The molecule has 12 heteroatoms. The summed E-state index contributed by atoms with van der Waals surface area (Å²) in [5, 5.41) is 11.9. The van der Waals surface area contributed by atoms with Gasteiger partial charge in [0.25, 0.3) is 5.91 Å². The first kappa shape index (κ1) is 39.3. The van der Waals surface area contributed by atoms with Crippen LogP contribution in [0.1, 0.15) is 57.5 Å². The van der Waals surface area contributed by atoms with Crippen molar-refractivity contribution in [1.29, 1.82) is 0 Å². The lowest BCUT2D eigenvalue weighted by molar-refractivity contribution is -0.276. The minimum atomic E-state index is -2.33. The maximum Gasteiger partial charge on any atom is 0.257 e. The number of piperazine rings is 1. The fraction of sp³-hybridized carbons (Fsp3) is 0.295. The Morgan fingerprint density at radius 3 is 1.95 bits per heavy atom. The van der Waals surface area contributed by atoms with Gasteiger partial charge in [0.2, 0.25) is 5.82 Å². The Morgan fingerprint density at radius 2 is 1.29 bits per heavy atom. The quantitative estimate of drug-likeness (QED) is 0.0805. The number of aliphatic hydroxyl groups excluding tert-OH is 1. The van der Waals surface area contributed by atoms with Gasteiger partial charge in [-0.3, -0.25) is 14.6 Å². The fourth-order valence-corrected chi connectivity index (χ4v) is 7.40. The zero-order valence-corrected chi connectivity index (χ0v) is 30.7. The molecule has 4 atom stereocenters. The van der Waals surface area contributed by atoms with Crippen LogP contribution in [-0.2, 0) is 29.2 Å².